The first-order chi connectivity index (χ1) is 8.10. The zero-order valence-electron chi connectivity index (χ0n) is 10.7. The molecule has 0 radical (unpaired) electrons. The maximum Gasteiger partial charge on any atom is 0.289 e. The zero-order chi connectivity index (χ0) is 12.4. The van der Waals surface area contributed by atoms with E-state index in [1.807, 2.05) is 17.9 Å². The van der Waals surface area contributed by atoms with E-state index in [1.165, 1.54) is 0 Å². The quantitative estimate of drug-likeness (QED) is 0.849. The third-order valence-corrected chi connectivity index (χ3v) is 3.07. The summed E-state index contributed by atoms with van der Waals surface area (Å²) in [5.41, 5.74) is 0. The second kappa shape index (κ2) is 4.92. The van der Waals surface area contributed by atoms with E-state index in [0.29, 0.717) is 17.8 Å². The first kappa shape index (κ1) is 12.2. The average molecular weight is 236 g/mol. The lowest BCUT2D eigenvalue weighted by Crippen LogP contribution is -2.55. The van der Waals surface area contributed by atoms with Gasteiger partial charge in [-0.3, -0.25) is 4.79 Å². The van der Waals surface area contributed by atoms with E-state index in [2.05, 4.69) is 19.2 Å². The molecule has 4 nitrogen and oxygen atoms in total. The number of rotatable bonds is 2. The van der Waals surface area contributed by atoms with Crippen LogP contribution in [0.15, 0.2) is 16.5 Å². The van der Waals surface area contributed by atoms with Crippen molar-refractivity contribution in [2.45, 2.75) is 39.3 Å². The Kier molecular flexibility index (Phi) is 3.52. The molecular weight excluding hydrogens is 216 g/mol. The van der Waals surface area contributed by atoms with Gasteiger partial charge in [-0.2, -0.15) is 0 Å². The standard InChI is InChI=1S/C13H20N2O2/c1-4-11-5-6-12(17-11)13(16)15-7-9(2)14-10(3)8-15/h5-6,9-10,14H,4,7-8H2,1-3H3/t9-,10+. The fourth-order valence-electron chi connectivity index (χ4n) is 2.33. The van der Waals surface area contributed by atoms with Gasteiger partial charge in [0.1, 0.15) is 5.76 Å². The van der Waals surface area contributed by atoms with Crippen LogP contribution in [0.25, 0.3) is 0 Å². The van der Waals surface area contributed by atoms with Crippen LogP contribution in [0.2, 0.25) is 0 Å². The monoisotopic (exact) mass is 236 g/mol. The number of nitrogens with zero attached hydrogens (tertiary/aromatic N) is 1. The van der Waals surface area contributed by atoms with Crippen molar-refractivity contribution in [3.63, 3.8) is 0 Å². The van der Waals surface area contributed by atoms with Crippen LogP contribution in [-0.2, 0) is 6.42 Å². The van der Waals surface area contributed by atoms with E-state index in [0.717, 1.165) is 25.3 Å². The smallest absolute Gasteiger partial charge is 0.289 e. The molecule has 4 heteroatoms. The molecular formula is C13H20N2O2. The molecule has 1 aromatic heterocycles. The van der Waals surface area contributed by atoms with E-state index in [-0.39, 0.29) is 5.91 Å². The Labute approximate surface area is 102 Å². The molecule has 2 heterocycles. The Morgan fingerprint density at radius 2 is 2.06 bits per heavy atom. The summed E-state index contributed by atoms with van der Waals surface area (Å²) in [5.74, 6) is 1.33. The van der Waals surface area contributed by atoms with Crippen molar-refractivity contribution in [2.24, 2.45) is 0 Å². The van der Waals surface area contributed by atoms with Crippen LogP contribution in [0.1, 0.15) is 37.1 Å². The molecule has 2 rings (SSSR count). The Morgan fingerprint density at radius 3 is 2.59 bits per heavy atom. The number of piperazine rings is 1. The highest BCUT2D eigenvalue weighted by Crippen LogP contribution is 2.14. The number of hydrogen-bond acceptors (Lipinski definition) is 3. The predicted molar refractivity (Wildman–Crippen MR) is 66.0 cm³/mol. The van der Waals surface area contributed by atoms with Gasteiger partial charge in [-0.05, 0) is 26.0 Å². The maximum atomic E-state index is 12.2. The van der Waals surface area contributed by atoms with Gasteiger partial charge >= 0.3 is 0 Å². The highest BCUT2D eigenvalue weighted by atomic mass is 16.4. The summed E-state index contributed by atoms with van der Waals surface area (Å²) in [6.45, 7) is 7.68. The molecule has 1 amide bonds. The molecule has 1 fully saturated rings. The summed E-state index contributed by atoms with van der Waals surface area (Å²) >= 11 is 0. The lowest BCUT2D eigenvalue weighted by molar-refractivity contribution is 0.0640. The van der Waals surface area contributed by atoms with Gasteiger partial charge in [-0.15, -0.1) is 0 Å². The second-order valence-electron chi connectivity index (χ2n) is 4.80. The number of furan rings is 1. The van der Waals surface area contributed by atoms with Gasteiger partial charge in [-0.1, -0.05) is 6.92 Å². The molecule has 0 bridgehead atoms. The number of nitrogens with one attached hydrogen (secondary N) is 1. The van der Waals surface area contributed by atoms with E-state index in [9.17, 15) is 4.79 Å². The van der Waals surface area contributed by atoms with Crippen LogP contribution in [0.3, 0.4) is 0 Å². The van der Waals surface area contributed by atoms with E-state index >= 15 is 0 Å². The van der Waals surface area contributed by atoms with Crippen LogP contribution in [0.5, 0.6) is 0 Å². The van der Waals surface area contributed by atoms with Gasteiger partial charge in [0.05, 0.1) is 0 Å². The average Bonchev–Trinajstić information content (AvgIpc) is 2.75. The van der Waals surface area contributed by atoms with Crippen molar-refractivity contribution in [1.82, 2.24) is 10.2 Å². The molecule has 0 aromatic carbocycles. The fourth-order valence-corrected chi connectivity index (χ4v) is 2.33. The fraction of sp³-hybridized carbons (Fsp3) is 0.615. The summed E-state index contributed by atoms with van der Waals surface area (Å²) in [6, 6.07) is 4.33. The Morgan fingerprint density at radius 1 is 1.41 bits per heavy atom. The molecule has 1 aromatic rings. The minimum Gasteiger partial charge on any atom is -0.456 e. The van der Waals surface area contributed by atoms with Crippen molar-refractivity contribution in [1.29, 1.82) is 0 Å². The molecule has 17 heavy (non-hydrogen) atoms. The predicted octanol–water partition coefficient (Wildman–Crippen LogP) is 1.66. The van der Waals surface area contributed by atoms with Gasteiger partial charge < -0.3 is 14.6 Å². The van der Waals surface area contributed by atoms with Crippen molar-refractivity contribution < 1.29 is 9.21 Å². The molecule has 0 spiro atoms. The Hall–Kier alpha value is -1.29. The molecule has 94 valence electrons. The highest BCUT2D eigenvalue weighted by molar-refractivity contribution is 5.91. The maximum absolute atomic E-state index is 12.2. The van der Waals surface area contributed by atoms with Gasteiger partial charge in [-0.25, -0.2) is 0 Å². The molecule has 2 atom stereocenters. The summed E-state index contributed by atoms with van der Waals surface area (Å²) in [5, 5.41) is 3.41. The summed E-state index contributed by atoms with van der Waals surface area (Å²) in [4.78, 5) is 14.1. The normalized spacial score (nSPS) is 25.0. The van der Waals surface area contributed by atoms with Gasteiger partial charge in [0.25, 0.3) is 5.91 Å². The lowest BCUT2D eigenvalue weighted by atomic mass is 10.1. The molecule has 1 aliphatic heterocycles. The highest BCUT2D eigenvalue weighted by Gasteiger charge is 2.27. The molecule has 1 aliphatic rings. The summed E-state index contributed by atoms with van der Waals surface area (Å²) in [7, 11) is 0. The zero-order valence-corrected chi connectivity index (χ0v) is 10.7. The molecule has 1 N–H and O–H groups in total. The van der Waals surface area contributed by atoms with Crippen molar-refractivity contribution in [3.8, 4) is 0 Å². The van der Waals surface area contributed by atoms with E-state index < -0.39 is 0 Å². The Bertz CT molecular complexity index is 390. The SMILES string of the molecule is CCc1ccc(C(=O)N2C[C@@H](C)N[C@@H](C)C2)o1. The first-order valence-electron chi connectivity index (χ1n) is 6.24. The van der Waals surface area contributed by atoms with Crippen LogP contribution < -0.4 is 5.32 Å². The van der Waals surface area contributed by atoms with Gasteiger partial charge in [0, 0.05) is 31.6 Å². The molecule has 1 saturated heterocycles. The van der Waals surface area contributed by atoms with Crippen molar-refractivity contribution in [2.75, 3.05) is 13.1 Å². The third-order valence-electron chi connectivity index (χ3n) is 3.07. The summed E-state index contributed by atoms with van der Waals surface area (Å²) < 4.78 is 5.51. The van der Waals surface area contributed by atoms with Crippen LogP contribution >= 0.6 is 0 Å². The molecule has 0 aliphatic carbocycles. The molecule has 0 saturated carbocycles. The topological polar surface area (TPSA) is 45.5 Å². The van der Waals surface area contributed by atoms with Crippen molar-refractivity contribution in [3.05, 3.63) is 23.7 Å². The largest absolute Gasteiger partial charge is 0.456 e. The van der Waals surface area contributed by atoms with Gasteiger partial charge in [0.15, 0.2) is 5.76 Å². The first-order valence-corrected chi connectivity index (χ1v) is 6.24. The summed E-state index contributed by atoms with van der Waals surface area (Å²) in [6.07, 6.45) is 0.821. The minimum atomic E-state index is 0.00454. The number of carbonyl (C=O) groups is 1. The number of aryl methyl sites for hydroxylation is 1. The number of hydrogen-bond donors (Lipinski definition) is 1. The van der Waals surface area contributed by atoms with Crippen LogP contribution in [0.4, 0.5) is 0 Å². The van der Waals surface area contributed by atoms with E-state index in [1.54, 1.807) is 6.07 Å². The third kappa shape index (κ3) is 2.69. The number of carbonyl (C=O) groups excluding carboxylic acids is 1. The van der Waals surface area contributed by atoms with Gasteiger partial charge in [0.2, 0.25) is 0 Å². The number of amides is 1. The second-order valence-corrected chi connectivity index (χ2v) is 4.80. The minimum absolute atomic E-state index is 0.00454. The lowest BCUT2D eigenvalue weighted by Gasteiger charge is -2.35. The van der Waals surface area contributed by atoms with E-state index in [4.69, 9.17) is 4.42 Å². The molecule has 0 unspecified atom stereocenters. The van der Waals surface area contributed by atoms with Crippen molar-refractivity contribution >= 4 is 5.91 Å². The van der Waals surface area contributed by atoms with Crippen LogP contribution in [0, 0.1) is 0 Å². The Balaban J connectivity index is 2.08. The van der Waals surface area contributed by atoms with Crippen LogP contribution in [-0.4, -0.2) is 36.0 Å².